The second kappa shape index (κ2) is 8.07. The topological polar surface area (TPSA) is 55.8 Å². The molecule has 0 spiro atoms. The molecule has 27 heavy (non-hydrogen) atoms. The molecule has 0 atom stereocenters. The molecule has 0 bridgehead atoms. The van der Waals surface area contributed by atoms with Crippen molar-refractivity contribution in [3.05, 3.63) is 89.2 Å². The molecule has 0 fully saturated rings. The molecule has 0 aromatic heterocycles. The number of phenolic OH excluding ortho intramolecular Hbond substituents is 1. The van der Waals surface area contributed by atoms with Crippen LogP contribution in [0.25, 0.3) is 0 Å². The van der Waals surface area contributed by atoms with Crippen molar-refractivity contribution in [3.8, 4) is 29.1 Å². The lowest BCUT2D eigenvalue weighted by atomic mass is 10.1. The molecular formula is C22H15FO4. The summed E-state index contributed by atoms with van der Waals surface area (Å²) in [6.07, 6.45) is 0. The Balaban J connectivity index is 1.68. The molecule has 0 saturated carbocycles. The summed E-state index contributed by atoms with van der Waals surface area (Å²) in [5.41, 5.74) is 1.88. The van der Waals surface area contributed by atoms with Gasteiger partial charge in [-0.15, -0.1) is 0 Å². The van der Waals surface area contributed by atoms with Crippen LogP contribution in [0.4, 0.5) is 4.39 Å². The normalized spacial score (nSPS) is 9.85. The average Bonchev–Trinajstić information content (AvgIpc) is 2.70. The molecule has 0 unspecified atom stereocenters. The van der Waals surface area contributed by atoms with E-state index in [1.165, 1.54) is 6.07 Å². The third kappa shape index (κ3) is 4.65. The van der Waals surface area contributed by atoms with Crippen LogP contribution in [0.15, 0.2) is 66.7 Å². The zero-order valence-corrected chi connectivity index (χ0v) is 14.4. The van der Waals surface area contributed by atoms with E-state index in [4.69, 9.17) is 14.6 Å². The highest BCUT2D eigenvalue weighted by Gasteiger charge is 2.10. The summed E-state index contributed by atoms with van der Waals surface area (Å²) in [5, 5.41) is 9.15. The summed E-state index contributed by atoms with van der Waals surface area (Å²) in [5.74, 6) is 4.81. The summed E-state index contributed by atoms with van der Waals surface area (Å²) in [4.78, 5) is 12.1. The smallest absolute Gasteiger partial charge is 0.343 e. The van der Waals surface area contributed by atoms with Gasteiger partial charge in [0.1, 0.15) is 11.5 Å². The molecule has 0 saturated heterocycles. The Labute approximate surface area is 155 Å². The van der Waals surface area contributed by atoms with Crippen LogP contribution >= 0.6 is 0 Å². The van der Waals surface area contributed by atoms with Crippen LogP contribution in [0.5, 0.6) is 17.2 Å². The van der Waals surface area contributed by atoms with Crippen LogP contribution in [0.1, 0.15) is 21.5 Å². The summed E-state index contributed by atoms with van der Waals surface area (Å²) in [6, 6.07) is 17.3. The summed E-state index contributed by atoms with van der Waals surface area (Å²) in [7, 11) is 1.60. The maximum absolute atomic E-state index is 13.3. The van der Waals surface area contributed by atoms with E-state index in [1.54, 1.807) is 31.4 Å². The van der Waals surface area contributed by atoms with Gasteiger partial charge >= 0.3 is 5.97 Å². The van der Waals surface area contributed by atoms with Gasteiger partial charge in [0.15, 0.2) is 11.6 Å². The van der Waals surface area contributed by atoms with Gasteiger partial charge in [-0.25, -0.2) is 9.18 Å². The molecule has 0 amide bonds. The number of methoxy groups -OCH3 is 1. The number of phenols is 1. The van der Waals surface area contributed by atoms with Gasteiger partial charge in [-0.05, 0) is 60.7 Å². The Morgan fingerprint density at radius 2 is 1.44 bits per heavy atom. The molecule has 3 aromatic carbocycles. The fourth-order valence-electron chi connectivity index (χ4n) is 2.23. The number of carbonyl (C=O) groups excluding carboxylic acids is 1. The average molecular weight is 362 g/mol. The number of ether oxygens (including phenoxy) is 2. The second-order valence-corrected chi connectivity index (χ2v) is 5.56. The molecular weight excluding hydrogens is 347 g/mol. The van der Waals surface area contributed by atoms with Crippen molar-refractivity contribution in [1.82, 2.24) is 0 Å². The zero-order chi connectivity index (χ0) is 19.2. The SMILES string of the molecule is COc1ccc(C#Cc2ccc(C(=O)Oc3ccc(O)c(F)c3)cc2)cc1. The summed E-state index contributed by atoms with van der Waals surface area (Å²) < 4.78 is 23.5. The van der Waals surface area contributed by atoms with E-state index < -0.39 is 17.5 Å². The standard InChI is InChI=1S/C22H15FO4/c1-26-18-10-6-16(7-11-18)3-2-15-4-8-17(9-5-15)22(25)27-19-12-13-21(24)20(23)14-19/h4-14,24H,1H3. The molecule has 0 aliphatic carbocycles. The Kier molecular flexibility index (Phi) is 5.38. The van der Waals surface area contributed by atoms with Gasteiger partial charge in [0.2, 0.25) is 0 Å². The molecule has 4 nitrogen and oxygen atoms in total. The minimum atomic E-state index is -0.857. The molecule has 0 heterocycles. The lowest BCUT2D eigenvalue weighted by molar-refractivity contribution is 0.0734. The number of esters is 1. The molecule has 5 heteroatoms. The van der Waals surface area contributed by atoms with Gasteiger partial charge in [-0.1, -0.05) is 11.8 Å². The van der Waals surface area contributed by atoms with Crippen LogP contribution < -0.4 is 9.47 Å². The molecule has 134 valence electrons. The van der Waals surface area contributed by atoms with Crippen LogP contribution in [0, 0.1) is 17.7 Å². The molecule has 0 radical (unpaired) electrons. The minimum absolute atomic E-state index is 0.0127. The fraction of sp³-hybridized carbons (Fsp3) is 0.0455. The second-order valence-electron chi connectivity index (χ2n) is 5.56. The number of halogens is 1. The van der Waals surface area contributed by atoms with E-state index in [9.17, 15) is 9.18 Å². The van der Waals surface area contributed by atoms with Crippen molar-refractivity contribution < 1.29 is 23.8 Å². The molecule has 0 aliphatic heterocycles. The molecule has 0 aliphatic rings. The summed E-state index contributed by atoms with van der Waals surface area (Å²) >= 11 is 0. The first kappa shape index (κ1) is 18.0. The first-order valence-corrected chi connectivity index (χ1v) is 8.02. The maximum atomic E-state index is 13.3. The quantitative estimate of drug-likeness (QED) is 0.432. The Morgan fingerprint density at radius 3 is 2.00 bits per heavy atom. The number of hydrogen-bond acceptors (Lipinski definition) is 4. The van der Waals surface area contributed by atoms with E-state index in [1.807, 2.05) is 24.3 Å². The number of carbonyl (C=O) groups is 1. The highest BCUT2D eigenvalue weighted by molar-refractivity contribution is 5.91. The third-order valence-corrected chi connectivity index (χ3v) is 3.69. The van der Waals surface area contributed by atoms with E-state index >= 15 is 0 Å². The van der Waals surface area contributed by atoms with E-state index in [2.05, 4.69) is 11.8 Å². The predicted molar refractivity (Wildman–Crippen MR) is 98.4 cm³/mol. The van der Waals surface area contributed by atoms with E-state index in [-0.39, 0.29) is 5.75 Å². The Morgan fingerprint density at radius 1 is 0.889 bits per heavy atom. The zero-order valence-electron chi connectivity index (χ0n) is 14.4. The Bertz CT molecular complexity index is 1010. The van der Waals surface area contributed by atoms with Gasteiger partial charge in [0.25, 0.3) is 0 Å². The van der Waals surface area contributed by atoms with Crippen LogP contribution in [-0.2, 0) is 0 Å². The summed E-state index contributed by atoms with van der Waals surface area (Å²) in [6.45, 7) is 0. The van der Waals surface area contributed by atoms with Gasteiger partial charge in [0.05, 0.1) is 12.7 Å². The highest BCUT2D eigenvalue weighted by Crippen LogP contribution is 2.22. The molecule has 3 aromatic rings. The van der Waals surface area contributed by atoms with Crippen LogP contribution in [-0.4, -0.2) is 18.2 Å². The van der Waals surface area contributed by atoms with Crippen molar-refractivity contribution in [2.24, 2.45) is 0 Å². The van der Waals surface area contributed by atoms with Gasteiger partial charge < -0.3 is 14.6 Å². The van der Waals surface area contributed by atoms with Crippen molar-refractivity contribution in [2.75, 3.05) is 7.11 Å². The van der Waals surface area contributed by atoms with Crippen molar-refractivity contribution in [2.45, 2.75) is 0 Å². The minimum Gasteiger partial charge on any atom is -0.505 e. The highest BCUT2D eigenvalue weighted by atomic mass is 19.1. The lowest BCUT2D eigenvalue weighted by Crippen LogP contribution is -2.08. The van der Waals surface area contributed by atoms with Crippen LogP contribution in [0.3, 0.4) is 0 Å². The fourth-order valence-corrected chi connectivity index (χ4v) is 2.23. The number of hydrogen-bond donors (Lipinski definition) is 1. The third-order valence-electron chi connectivity index (χ3n) is 3.69. The van der Waals surface area contributed by atoms with Gasteiger partial charge in [-0.2, -0.15) is 0 Å². The monoisotopic (exact) mass is 362 g/mol. The van der Waals surface area contributed by atoms with Crippen molar-refractivity contribution in [3.63, 3.8) is 0 Å². The number of aromatic hydroxyl groups is 1. The van der Waals surface area contributed by atoms with E-state index in [0.29, 0.717) is 5.56 Å². The van der Waals surface area contributed by atoms with E-state index in [0.717, 1.165) is 29.0 Å². The largest absolute Gasteiger partial charge is 0.505 e. The van der Waals surface area contributed by atoms with Crippen LogP contribution in [0.2, 0.25) is 0 Å². The Hall–Kier alpha value is -3.78. The molecule has 1 N–H and O–H groups in total. The number of rotatable bonds is 3. The first-order chi connectivity index (χ1) is 13.0. The number of benzene rings is 3. The predicted octanol–water partition coefficient (Wildman–Crippen LogP) is 4.16. The van der Waals surface area contributed by atoms with Gasteiger partial charge in [0, 0.05) is 17.2 Å². The first-order valence-electron chi connectivity index (χ1n) is 8.02. The lowest BCUT2D eigenvalue weighted by Gasteiger charge is -2.05. The van der Waals surface area contributed by atoms with Crippen molar-refractivity contribution >= 4 is 5.97 Å². The van der Waals surface area contributed by atoms with Crippen molar-refractivity contribution in [1.29, 1.82) is 0 Å². The van der Waals surface area contributed by atoms with Gasteiger partial charge in [-0.3, -0.25) is 0 Å². The maximum Gasteiger partial charge on any atom is 0.343 e. The molecule has 3 rings (SSSR count).